The molecular weight excluding hydrogens is 383 g/mol. The average Bonchev–Trinajstić information content (AvgIpc) is 3.19. The number of benzene rings is 2. The molecule has 0 spiro atoms. The molecule has 1 amide bonds. The summed E-state index contributed by atoms with van der Waals surface area (Å²) in [6, 6.07) is 20.6. The van der Waals surface area contributed by atoms with Crippen LogP contribution in [0.25, 0.3) is 0 Å². The standard InChI is InChI=1S/C22H20F3NOS/c23-22(24,25)16-26(14-17-11-12-28-15-17)21(27)13-20(18-7-3-1-4-8-18)19-9-5-2-6-10-19/h1-12,15,20H,13-14,16H2. The van der Waals surface area contributed by atoms with Crippen LogP contribution in [0, 0.1) is 0 Å². The van der Waals surface area contributed by atoms with Crippen molar-refractivity contribution < 1.29 is 18.0 Å². The number of hydrogen-bond donors (Lipinski definition) is 0. The molecule has 0 radical (unpaired) electrons. The van der Waals surface area contributed by atoms with Crippen LogP contribution in [-0.2, 0) is 11.3 Å². The first-order valence-electron chi connectivity index (χ1n) is 8.88. The third-order valence-electron chi connectivity index (χ3n) is 4.46. The van der Waals surface area contributed by atoms with Crippen LogP contribution >= 0.6 is 11.3 Å². The van der Waals surface area contributed by atoms with Gasteiger partial charge in [-0.1, -0.05) is 60.7 Å². The van der Waals surface area contributed by atoms with Crippen LogP contribution < -0.4 is 0 Å². The van der Waals surface area contributed by atoms with Crippen LogP contribution in [0.15, 0.2) is 77.5 Å². The van der Waals surface area contributed by atoms with Gasteiger partial charge < -0.3 is 4.90 Å². The van der Waals surface area contributed by atoms with E-state index in [-0.39, 0.29) is 18.9 Å². The molecule has 0 N–H and O–H groups in total. The van der Waals surface area contributed by atoms with Crippen LogP contribution in [0.4, 0.5) is 13.2 Å². The molecule has 1 aromatic heterocycles. The molecule has 2 nitrogen and oxygen atoms in total. The predicted molar refractivity (Wildman–Crippen MR) is 105 cm³/mol. The number of amides is 1. The van der Waals surface area contributed by atoms with E-state index in [4.69, 9.17) is 0 Å². The van der Waals surface area contributed by atoms with Gasteiger partial charge in [0.15, 0.2) is 0 Å². The van der Waals surface area contributed by atoms with Crippen molar-refractivity contribution in [1.82, 2.24) is 4.90 Å². The normalized spacial score (nSPS) is 11.6. The van der Waals surface area contributed by atoms with Crippen LogP contribution in [0.3, 0.4) is 0 Å². The van der Waals surface area contributed by atoms with Gasteiger partial charge in [0, 0.05) is 18.9 Å². The fourth-order valence-electron chi connectivity index (χ4n) is 3.15. The zero-order valence-corrected chi connectivity index (χ0v) is 15.9. The van der Waals surface area contributed by atoms with Crippen LogP contribution in [0.5, 0.6) is 0 Å². The maximum absolute atomic E-state index is 13.1. The highest BCUT2D eigenvalue weighted by atomic mass is 32.1. The molecule has 0 saturated carbocycles. The number of rotatable bonds is 7. The monoisotopic (exact) mass is 403 g/mol. The summed E-state index contributed by atoms with van der Waals surface area (Å²) in [7, 11) is 0. The Balaban J connectivity index is 1.85. The van der Waals surface area contributed by atoms with Gasteiger partial charge in [0.2, 0.25) is 5.91 Å². The number of halogens is 3. The molecule has 0 aliphatic carbocycles. The first-order valence-corrected chi connectivity index (χ1v) is 9.82. The summed E-state index contributed by atoms with van der Waals surface area (Å²) in [5, 5.41) is 3.56. The molecule has 146 valence electrons. The lowest BCUT2D eigenvalue weighted by molar-refractivity contribution is -0.162. The van der Waals surface area contributed by atoms with Gasteiger partial charge in [-0.15, -0.1) is 0 Å². The zero-order valence-electron chi connectivity index (χ0n) is 15.1. The van der Waals surface area contributed by atoms with E-state index >= 15 is 0 Å². The Bertz CT molecular complexity index is 824. The molecule has 0 unspecified atom stereocenters. The van der Waals surface area contributed by atoms with E-state index in [1.54, 1.807) is 16.8 Å². The minimum absolute atomic E-state index is 0.0196. The van der Waals surface area contributed by atoms with E-state index in [1.165, 1.54) is 11.3 Å². The van der Waals surface area contributed by atoms with Crippen molar-refractivity contribution >= 4 is 17.2 Å². The average molecular weight is 403 g/mol. The second-order valence-electron chi connectivity index (χ2n) is 6.57. The van der Waals surface area contributed by atoms with Crippen molar-refractivity contribution in [1.29, 1.82) is 0 Å². The van der Waals surface area contributed by atoms with E-state index in [0.717, 1.165) is 16.0 Å². The van der Waals surface area contributed by atoms with Gasteiger partial charge in [-0.25, -0.2) is 0 Å². The Morgan fingerprint density at radius 3 is 1.96 bits per heavy atom. The molecule has 1 heterocycles. The number of thiophene rings is 1. The van der Waals surface area contributed by atoms with Crippen molar-refractivity contribution in [2.75, 3.05) is 6.54 Å². The van der Waals surface area contributed by atoms with Gasteiger partial charge in [0.25, 0.3) is 0 Å². The minimum Gasteiger partial charge on any atom is -0.329 e. The Morgan fingerprint density at radius 1 is 0.929 bits per heavy atom. The lowest BCUT2D eigenvalue weighted by Crippen LogP contribution is -2.39. The second-order valence-corrected chi connectivity index (χ2v) is 7.35. The van der Waals surface area contributed by atoms with E-state index in [9.17, 15) is 18.0 Å². The van der Waals surface area contributed by atoms with Crippen LogP contribution in [0.2, 0.25) is 0 Å². The quantitative estimate of drug-likeness (QED) is 0.484. The second kappa shape index (κ2) is 9.06. The van der Waals surface area contributed by atoms with Gasteiger partial charge in [-0.3, -0.25) is 4.79 Å². The van der Waals surface area contributed by atoms with Crippen molar-refractivity contribution in [3.05, 3.63) is 94.2 Å². The highest BCUT2D eigenvalue weighted by Crippen LogP contribution is 2.30. The van der Waals surface area contributed by atoms with E-state index < -0.39 is 18.6 Å². The van der Waals surface area contributed by atoms with Gasteiger partial charge >= 0.3 is 6.18 Å². The van der Waals surface area contributed by atoms with Gasteiger partial charge in [-0.2, -0.15) is 24.5 Å². The maximum atomic E-state index is 13.1. The highest BCUT2D eigenvalue weighted by Gasteiger charge is 2.34. The van der Waals surface area contributed by atoms with E-state index in [0.29, 0.717) is 5.56 Å². The lowest BCUT2D eigenvalue weighted by Gasteiger charge is -2.26. The molecule has 0 aliphatic heterocycles. The Labute approximate surface area is 166 Å². The third kappa shape index (κ3) is 5.70. The van der Waals surface area contributed by atoms with Gasteiger partial charge in [-0.05, 0) is 33.5 Å². The summed E-state index contributed by atoms with van der Waals surface area (Å²) in [5.74, 6) is -0.811. The lowest BCUT2D eigenvalue weighted by atomic mass is 9.88. The van der Waals surface area contributed by atoms with E-state index in [2.05, 4.69) is 0 Å². The Morgan fingerprint density at radius 2 is 1.50 bits per heavy atom. The van der Waals surface area contributed by atoms with Crippen molar-refractivity contribution in [3.63, 3.8) is 0 Å². The first-order chi connectivity index (χ1) is 13.4. The molecule has 0 fully saturated rings. The van der Waals surface area contributed by atoms with Gasteiger partial charge in [0.05, 0.1) is 0 Å². The third-order valence-corrected chi connectivity index (χ3v) is 5.19. The molecule has 2 aromatic carbocycles. The largest absolute Gasteiger partial charge is 0.406 e. The molecule has 0 saturated heterocycles. The maximum Gasteiger partial charge on any atom is 0.406 e. The minimum atomic E-state index is -4.44. The molecule has 0 atom stereocenters. The van der Waals surface area contributed by atoms with Crippen molar-refractivity contribution in [2.45, 2.75) is 25.1 Å². The van der Waals surface area contributed by atoms with Crippen molar-refractivity contribution in [2.24, 2.45) is 0 Å². The summed E-state index contributed by atoms with van der Waals surface area (Å²) >= 11 is 1.40. The summed E-state index contributed by atoms with van der Waals surface area (Å²) in [6.45, 7) is -1.30. The molecular formula is C22H20F3NOS. The highest BCUT2D eigenvalue weighted by molar-refractivity contribution is 7.07. The summed E-state index contributed by atoms with van der Waals surface area (Å²) in [4.78, 5) is 13.8. The van der Waals surface area contributed by atoms with E-state index in [1.807, 2.05) is 60.7 Å². The zero-order chi connectivity index (χ0) is 20.0. The molecule has 0 bridgehead atoms. The summed E-state index contributed by atoms with van der Waals surface area (Å²) < 4.78 is 39.3. The summed E-state index contributed by atoms with van der Waals surface area (Å²) in [6.07, 6.45) is -4.46. The first kappa shape index (κ1) is 20.1. The van der Waals surface area contributed by atoms with Crippen LogP contribution in [-0.4, -0.2) is 23.5 Å². The molecule has 0 aliphatic rings. The Hall–Kier alpha value is -2.60. The SMILES string of the molecule is O=C(CC(c1ccccc1)c1ccccc1)N(Cc1ccsc1)CC(F)(F)F. The molecule has 6 heteroatoms. The fourth-order valence-corrected chi connectivity index (χ4v) is 3.81. The Kier molecular flexibility index (Phi) is 6.52. The number of alkyl halides is 3. The molecule has 3 rings (SSSR count). The smallest absolute Gasteiger partial charge is 0.329 e. The summed E-state index contributed by atoms with van der Waals surface area (Å²) in [5.41, 5.74) is 2.52. The van der Waals surface area contributed by atoms with Gasteiger partial charge in [0.1, 0.15) is 6.54 Å². The molecule has 28 heavy (non-hydrogen) atoms. The fraction of sp³-hybridized carbons (Fsp3) is 0.227. The predicted octanol–water partition coefficient (Wildman–Crippen LogP) is 5.86. The molecule has 3 aromatic rings. The van der Waals surface area contributed by atoms with Crippen LogP contribution in [0.1, 0.15) is 29.0 Å². The number of carbonyl (C=O) groups excluding carboxylic acids is 1. The number of hydrogen-bond acceptors (Lipinski definition) is 2. The number of carbonyl (C=O) groups is 1. The number of nitrogens with zero attached hydrogens (tertiary/aromatic N) is 1. The van der Waals surface area contributed by atoms with Crippen molar-refractivity contribution in [3.8, 4) is 0 Å². The topological polar surface area (TPSA) is 20.3 Å².